The zero-order valence-corrected chi connectivity index (χ0v) is 15.0. The molecule has 1 amide bonds. The van der Waals surface area contributed by atoms with Gasteiger partial charge in [0.25, 0.3) is 5.91 Å². The summed E-state index contributed by atoms with van der Waals surface area (Å²) in [6, 6.07) is 9.98. The summed E-state index contributed by atoms with van der Waals surface area (Å²) in [6.45, 7) is 0.270. The Bertz CT molecular complexity index is 784. The summed E-state index contributed by atoms with van der Waals surface area (Å²) in [4.78, 5) is 11.9. The number of halogens is 2. The number of hydrogen-bond donors (Lipinski definition) is 2. The maximum Gasteiger partial charge on any atom is 0.257 e. The standard InChI is InChI=1S/C16H14Cl2N2O3S/c1-22-14-7-10(15(21)20-16(19)24)3-5-13(14)23-8-9-2-4-11(17)12(18)6-9/h2-7H,8H2,1H3,(H3,19,20,21,24). The molecule has 0 saturated heterocycles. The molecule has 2 aromatic rings. The molecule has 2 aromatic carbocycles. The lowest BCUT2D eigenvalue weighted by Gasteiger charge is -2.12. The van der Waals surface area contributed by atoms with Gasteiger partial charge in [0.15, 0.2) is 16.6 Å². The molecule has 0 saturated carbocycles. The van der Waals surface area contributed by atoms with Crippen molar-refractivity contribution in [2.24, 2.45) is 5.73 Å². The van der Waals surface area contributed by atoms with Crippen LogP contribution in [-0.2, 0) is 6.61 Å². The fourth-order valence-electron chi connectivity index (χ4n) is 1.90. The molecule has 0 aliphatic carbocycles. The van der Waals surface area contributed by atoms with E-state index in [0.29, 0.717) is 27.1 Å². The molecule has 0 bridgehead atoms. The Hall–Kier alpha value is -2.02. The molecular formula is C16H14Cl2N2O3S. The van der Waals surface area contributed by atoms with Crippen LogP contribution in [0.2, 0.25) is 10.0 Å². The van der Waals surface area contributed by atoms with E-state index in [1.54, 1.807) is 24.3 Å². The Labute approximate surface area is 154 Å². The molecule has 0 heterocycles. The number of ether oxygens (including phenoxy) is 2. The highest BCUT2D eigenvalue weighted by atomic mass is 35.5. The van der Waals surface area contributed by atoms with Crippen molar-refractivity contribution in [2.75, 3.05) is 7.11 Å². The number of carbonyl (C=O) groups excluding carboxylic acids is 1. The summed E-state index contributed by atoms with van der Waals surface area (Å²) in [6.07, 6.45) is 0. The van der Waals surface area contributed by atoms with Gasteiger partial charge in [-0.2, -0.15) is 0 Å². The van der Waals surface area contributed by atoms with Crippen LogP contribution in [0.3, 0.4) is 0 Å². The van der Waals surface area contributed by atoms with E-state index in [4.69, 9.17) is 38.4 Å². The quantitative estimate of drug-likeness (QED) is 0.770. The van der Waals surface area contributed by atoms with Crippen LogP contribution in [0.1, 0.15) is 15.9 Å². The molecule has 0 atom stereocenters. The molecule has 0 radical (unpaired) electrons. The minimum absolute atomic E-state index is 0.0982. The number of benzene rings is 2. The number of thiocarbonyl (C=S) groups is 1. The van der Waals surface area contributed by atoms with Gasteiger partial charge in [0.2, 0.25) is 0 Å². The van der Waals surface area contributed by atoms with Crippen molar-refractivity contribution < 1.29 is 14.3 Å². The predicted octanol–water partition coefficient (Wildman–Crippen LogP) is 3.55. The van der Waals surface area contributed by atoms with Crippen molar-refractivity contribution >= 4 is 46.4 Å². The molecule has 0 aliphatic heterocycles. The highest BCUT2D eigenvalue weighted by Gasteiger charge is 2.12. The summed E-state index contributed by atoms with van der Waals surface area (Å²) in [5.41, 5.74) is 6.49. The minimum atomic E-state index is -0.420. The lowest BCUT2D eigenvalue weighted by molar-refractivity contribution is 0.0977. The zero-order chi connectivity index (χ0) is 17.7. The number of amides is 1. The van der Waals surface area contributed by atoms with E-state index in [9.17, 15) is 4.79 Å². The van der Waals surface area contributed by atoms with Gasteiger partial charge in [-0.1, -0.05) is 29.3 Å². The van der Waals surface area contributed by atoms with Crippen molar-refractivity contribution in [3.63, 3.8) is 0 Å². The second-order valence-electron chi connectivity index (χ2n) is 4.72. The third-order valence-corrected chi connectivity index (χ3v) is 3.88. The normalized spacial score (nSPS) is 10.1. The average Bonchev–Trinajstić information content (AvgIpc) is 2.55. The molecule has 0 spiro atoms. The average molecular weight is 385 g/mol. The summed E-state index contributed by atoms with van der Waals surface area (Å²) in [5, 5.41) is 3.18. The number of nitrogens with two attached hydrogens (primary N) is 1. The van der Waals surface area contributed by atoms with Crippen LogP contribution >= 0.6 is 35.4 Å². The van der Waals surface area contributed by atoms with Gasteiger partial charge >= 0.3 is 0 Å². The first-order valence-electron chi connectivity index (χ1n) is 6.76. The number of carbonyl (C=O) groups is 1. The fraction of sp³-hybridized carbons (Fsp3) is 0.125. The number of hydrogen-bond acceptors (Lipinski definition) is 4. The molecule has 126 valence electrons. The lowest BCUT2D eigenvalue weighted by Crippen LogP contribution is -2.34. The molecule has 3 N–H and O–H groups in total. The van der Waals surface area contributed by atoms with Gasteiger partial charge in [-0.3, -0.25) is 10.1 Å². The van der Waals surface area contributed by atoms with Crippen LogP contribution in [0.25, 0.3) is 0 Å². The monoisotopic (exact) mass is 384 g/mol. The molecule has 0 unspecified atom stereocenters. The van der Waals surface area contributed by atoms with E-state index in [2.05, 4.69) is 17.5 Å². The lowest BCUT2D eigenvalue weighted by atomic mass is 10.2. The maximum atomic E-state index is 11.9. The smallest absolute Gasteiger partial charge is 0.257 e. The van der Waals surface area contributed by atoms with Crippen molar-refractivity contribution in [3.05, 3.63) is 57.6 Å². The zero-order valence-electron chi connectivity index (χ0n) is 12.6. The van der Waals surface area contributed by atoms with Crippen molar-refractivity contribution in [2.45, 2.75) is 6.61 Å². The maximum absolute atomic E-state index is 11.9. The Kier molecular flexibility index (Phi) is 6.25. The number of rotatable bonds is 5. The van der Waals surface area contributed by atoms with E-state index in [-0.39, 0.29) is 11.7 Å². The Morgan fingerprint density at radius 3 is 2.54 bits per heavy atom. The van der Waals surface area contributed by atoms with Gasteiger partial charge in [0, 0.05) is 5.56 Å². The number of methoxy groups -OCH3 is 1. The molecule has 5 nitrogen and oxygen atoms in total. The molecule has 0 aliphatic rings. The van der Waals surface area contributed by atoms with E-state index in [1.807, 2.05) is 6.07 Å². The Morgan fingerprint density at radius 1 is 1.17 bits per heavy atom. The van der Waals surface area contributed by atoms with Crippen LogP contribution < -0.4 is 20.5 Å². The van der Waals surface area contributed by atoms with Gasteiger partial charge in [0.05, 0.1) is 17.2 Å². The van der Waals surface area contributed by atoms with Crippen LogP contribution in [0.4, 0.5) is 0 Å². The first-order valence-corrected chi connectivity index (χ1v) is 7.92. The van der Waals surface area contributed by atoms with Gasteiger partial charge in [0.1, 0.15) is 6.61 Å². The molecule has 8 heteroatoms. The first-order chi connectivity index (χ1) is 11.4. The summed E-state index contributed by atoms with van der Waals surface area (Å²) in [5.74, 6) is 0.470. The van der Waals surface area contributed by atoms with E-state index in [1.165, 1.54) is 13.2 Å². The first kappa shape index (κ1) is 18.3. The van der Waals surface area contributed by atoms with Crippen LogP contribution in [-0.4, -0.2) is 18.1 Å². The second-order valence-corrected chi connectivity index (χ2v) is 5.98. The highest BCUT2D eigenvalue weighted by Crippen LogP contribution is 2.29. The van der Waals surface area contributed by atoms with E-state index < -0.39 is 5.91 Å². The largest absolute Gasteiger partial charge is 0.493 e. The van der Waals surface area contributed by atoms with Gasteiger partial charge in [-0.05, 0) is 48.1 Å². The molecule has 0 fully saturated rings. The van der Waals surface area contributed by atoms with Crippen molar-refractivity contribution in [1.29, 1.82) is 0 Å². The van der Waals surface area contributed by atoms with Crippen LogP contribution in [0.5, 0.6) is 11.5 Å². The van der Waals surface area contributed by atoms with E-state index >= 15 is 0 Å². The van der Waals surface area contributed by atoms with Crippen molar-refractivity contribution in [3.8, 4) is 11.5 Å². The number of nitrogens with one attached hydrogen (secondary N) is 1. The fourth-order valence-corrected chi connectivity index (χ4v) is 2.32. The third-order valence-electron chi connectivity index (χ3n) is 3.04. The second kappa shape index (κ2) is 8.19. The van der Waals surface area contributed by atoms with Crippen LogP contribution in [0.15, 0.2) is 36.4 Å². The molecule has 0 aromatic heterocycles. The van der Waals surface area contributed by atoms with E-state index in [0.717, 1.165) is 5.56 Å². The van der Waals surface area contributed by atoms with Crippen molar-refractivity contribution in [1.82, 2.24) is 5.32 Å². The van der Waals surface area contributed by atoms with Gasteiger partial charge < -0.3 is 15.2 Å². The molecular weight excluding hydrogens is 371 g/mol. The Balaban J connectivity index is 2.13. The summed E-state index contributed by atoms with van der Waals surface area (Å²) in [7, 11) is 1.48. The minimum Gasteiger partial charge on any atom is -0.493 e. The molecule has 24 heavy (non-hydrogen) atoms. The van der Waals surface area contributed by atoms with Gasteiger partial charge in [-0.15, -0.1) is 0 Å². The summed E-state index contributed by atoms with van der Waals surface area (Å²) < 4.78 is 11.0. The highest BCUT2D eigenvalue weighted by molar-refractivity contribution is 7.80. The SMILES string of the molecule is COc1cc(C(=O)NC(N)=S)ccc1OCc1ccc(Cl)c(Cl)c1. The molecule has 2 rings (SSSR count). The van der Waals surface area contributed by atoms with Gasteiger partial charge in [-0.25, -0.2) is 0 Å². The topological polar surface area (TPSA) is 73.6 Å². The van der Waals surface area contributed by atoms with Crippen LogP contribution in [0, 0.1) is 0 Å². The third kappa shape index (κ3) is 4.74. The Morgan fingerprint density at radius 2 is 1.92 bits per heavy atom. The summed E-state index contributed by atoms with van der Waals surface area (Å²) >= 11 is 16.5. The predicted molar refractivity (Wildman–Crippen MR) is 98.0 cm³/mol.